The second-order valence-corrected chi connectivity index (χ2v) is 5.45. The SMILES string of the molecule is COC(=O)C(C)(C)Cc1ccc(C(C)C)cc1. The zero-order valence-electron chi connectivity index (χ0n) is 11.4. The van der Waals surface area contributed by atoms with E-state index in [-0.39, 0.29) is 5.97 Å². The lowest BCUT2D eigenvalue weighted by Gasteiger charge is -2.21. The highest BCUT2D eigenvalue weighted by Crippen LogP contribution is 2.24. The maximum Gasteiger partial charge on any atom is 0.311 e. The van der Waals surface area contributed by atoms with Crippen molar-refractivity contribution in [3.63, 3.8) is 0 Å². The summed E-state index contributed by atoms with van der Waals surface area (Å²) in [5.74, 6) is 0.378. The van der Waals surface area contributed by atoms with Crippen LogP contribution in [0, 0.1) is 5.41 Å². The average molecular weight is 234 g/mol. The second-order valence-electron chi connectivity index (χ2n) is 5.45. The van der Waals surface area contributed by atoms with Gasteiger partial charge in [0, 0.05) is 0 Å². The Labute approximate surface area is 104 Å². The molecule has 17 heavy (non-hydrogen) atoms. The largest absolute Gasteiger partial charge is 0.469 e. The average Bonchev–Trinajstić information content (AvgIpc) is 2.28. The fourth-order valence-electron chi connectivity index (χ4n) is 1.88. The molecule has 0 N–H and O–H groups in total. The van der Waals surface area contributed by atoms with E-state index in [0.29, 0.717) is 12.3 Å². The van der Waals surface area contributed by atoms with Gasteiger partial charge in [-0.3, -0.25) is 4.79 Å². The van der Waals surface area contributed by atoms with Crippen molar-refractivity contribution < 1.29 is 9.53 Å². The molecular weight excluding hydrogens is 212 g/mol. The fourth-order valence-corrected chi connectivity index (χ4v) is 1.88. The number of rotatable bonds is 4. The van der Waals surface area contributed by atoms with Crippen LogP contribution >= 0.6 is 0 Å². The molecule has 0 amide bonds. The molecule has 94 valence electrons. The van der Waals surface area contributed by atoms with Gasteiger partial charge in [0.1, 0.15) is 0 Å². The summed E-state index contributed by atoms with van der Waals surface area (Å²) in [6, 6.07) is 8.46. The van der Waals surface area contributed by atoms with Crippen LogP contribution in [0.2, 0.25) is 0 Å². The normalized spacial score (nSPS) is 11.6. The Morgan fingerprint density at radius 1 is 1.24 bits per heavy atom. The molecule has 2 nitrogen and oxygen atoms in total. The van der Waals surface area contributed by atoms with Crippen molar-refractivity contribution in [2.75, 3.05) is 7.11 Å². The molecule has 0 unspecified atom stereocenters. The topological polar surface area (TPSA) is 26.3 Å². The summed E-state index contributed by atoms with van der Waals surface area (Å²) >= 11 is 0. The first-order valence-corrected chi connectivity index (χ1v) is 6.04. The Balaban J connectivity index is 2.79. The molecule has 0 aromatic heterocycles. The summed E-state index contributed by atoms with van der Waals surface area (Å²) in [6.07, 6.45) is 0.706. The van der Waals surface area contributed by atoms with Crippen molar-refractivity contribution >= 4 is 5.97 Å². The summed E-state index contributed by atoms with van der Waals surface area (Å²) in [4.78, 5) is 11.6. The molecule has 0 saturated carbocycles. The minimum atomic E-state index is -0.464. The van der Waals surface area contributed by atoms with E-state index in [2.05, 4.69) is 38.1 Å². The number of hydrogen-bond donors (Lipinski definition) is 0. The highest BCUT2D eigenvalue weighted by atomic mass is 16.5. The van der Waals surface area contributed by atoms with E-state index in [4.69, 9.17) is 4.74 Å². The van der Waals surface area contributed by atoms with Crippen LogP contribution < -0.4 is 0 Å². The zero-order chi connectivity index (χ0) is 13.1. The molecule has 0 aliphatic heterocycles. The number of methoxy groups -OCH3 is 1. The lowest BCUT2D eigenvalue weighted by atomic mass is 9.85. The molecule has 0 atom stereocenters. The minimum absolute atomic E-state index is 0.162. The summed E-state index contributed by atoms with van der Waals surface area (Å²) in [7, 11) is 1.44. The molecular formula is C15H22O2. The second kappa shape index (κ2) is 5.35. The van der Waals surface area contributed by atoms with Gasteiger partial charge >= 0.3 is 5.97 Å². The highest BCUT2D eigenvalue weighted by Gasteiger charge is 2.28. The third kappa shape index (κ3) is 3.58. The van der Waals surface area contributed by atoms with Gasteiger partial charge in [0.15, 0.2) is 0 Å². The number of ether oxygens (including phenoxy) is 1. The van der Waals surface area contributed by atoms with Crippen molar-refractivity contribution in [2.24, 2.45) is 5.41 Å². The molecule has 1 rings (SSSR count). The molecule has 0 aliphatic rings. The van der Waals surface area contributed by atoms with Gasteiger partial charge in [0.25, 0.3) is 0 Å². The van der Waals surface area contributed by atoms with Crippen molar-refractivity contribution in [3.8, 4) is 0 Å². The Bertz CT molecular complexity index is 374. The Morgan fingerprint density at radius 2 is 1.76 bits per heavy atom. The van der Waals surface area contributed by atoms with Gasteiger partial charge in [-0.2, -0.15) is 0 Å². The Hall–Kier alpha value is -1.31. The van der Waals surface area contributed by atoms with Crippen molar-refractivity contribution in [3.05, 3.63) is 35.4 Å². The van der Waals surface area contributed by atoms with E-state index in [1.165, 1.54) is 18.2 Å². The van der Waals surface area contributed by atoms with Crippen LogP contribution in [0.1, 0.15) is 44.7 Å². The van der Waals surface area contributed by atoms with Crippen LogP contribution in [0.15, 0.2) is 24.3 Å². The van der Waals surface area contributed by atoms with E-state index in [9.17, 15) is 4.79 Å². The summed E-state index contributed by atoms with van der Waals surface area (Å²) in [5, 5.41) is 0. The van der Waals surface area contributed by atoms with Crippen LogP contribution in [0.25, 0.3) is 0 Å². The third-order valence-electron chi connectivity index (χ3n) is 3.03. The summed E-state index contributed by atoms with van der Waals surface area (Å²) in [5.41, 5.74) is 2.03. The Morgan fingerprint density at radius 3 is 2.18 bits per heavy atom. The summed E-state index contributed by atoms with van der Waals surface area (Å²) < 4.78 is 4.81. The van der Waals surface area contributed by atoms with Crippen molar-refractivity contribution in [1.82, 2.24) is 0 Å². The van der Waals surface area contributed by atoms with Gasteiger partial charge in [-0.15, -0.1) is 0 Å². The number of carbonyl (C=O) groups is 1. The van der Waals surface area contributed by atoms with Gasteiger partial charge in [-0.05, 0) is 37.3 Å². The highest BCUT2D eigenvalue weighted by molar-refractivity contribution is 5.76. The molecule has 0 fully saturated rings. The van der Waals surface area contributed by atoms with Crippen LogP contribution in [-0.4, -0.2) is 13.1 Å². The maximum absolute atomic E-state index is 11.6. The van der Waals surface area contributed by atoms with E-state index in [1.807, 2.05) is 13.8 Å². The van der Waals surface area contributed by atoms with Crippen LogP contribution in [0.3, 0.4) is 0 Å². The van der Waals surface area contributed by atoms with Crippen LogP contribution in [0.5, 0.6) is 0 Å². The number of carbonyl (C=O) groups excluding carboxylic acids is 1. The lowest BCUT2D eigenvalue weighted by Crippen LogP contribution is -2.27. The molecule has 0 heterocycles. The van der Waals surface area contributed by atoms with Gasteiger partial charge in [-0.25, -0.2) is 0 Å². The third-order valence-corrected chi connectivity index (χ3v) is 3.03. The van der Waals surface area contributed by atoms with Crippen molar-refractivity contribution in [2.45, 2.75) is 40.0 Å². The number of esters is 1. The molecule has 1 aromatic carbocycles. The van der Waals surface area contributed by atoms with Gasteiger partial charge in [0.05, 0.1) is 12.5 Å². The first-order valence-electron chi connectivity index (χ1n) is 6.04. The van der Waals surface area contributed by atoms with Gasteiger partial charge < -0.3 is 4.74 Å². The predicted molar refractivity (Wildman–Crippen MR) is 70.0 cm³/mol. The molecule has 2 heteroatoms. The van der Waals surface area contributed by atoms with Gasteiger partial charge in [0.2, 0.25) is 0 Å². The van der Waals surface area contributed by atoms with E-state index in [1.54, 1.807) is 0 Å². The lowest BCUT2D eigenvalue weighted by molar-refractivity contribution is -0.150. The minimum Gasteiger partial charge on any atom is -0.469 e. The smallest absolute Gasteiger partial charge is 0.311 e. The molecule has 0 saturated heterocycles. The monoisotopic (exact) mass is 234 g/mol. The van der Waals surface area contributed by atoms with Gasteiger partial charge in [-0.1, -0.05) is 38.1 Å². The summed E-state index contributed by atoms with van der Waals surface area (Å²) in [6.45, 7) is 8.17. The van der Waals surface area contributed by atoms with Crippen LogP contribution in [-0.2, 0) is 16.0 Å². The standard InChI is InChI=1S/C15H22O2/c1-11(2)13-8-6-12(7-9-13)10-15(3,4)14(16)17-5/h6-9,11H,10H2,1-5H3. The number of benzene rings is 1. The first-order chi connectivity index (χ1) is 7.86. The molecule has 1 aromatic rings. The zero-order valence-corrected chi connectivity index (χ0v) is 11.4. The maximum atomic E-state index is 11.6. The number of hydrogen-bond acceptors (Lipinski definition) is 2. The molecule has 0 bridgehead atoms. The Kier molecular flexibility index (Phi) is 4.33. The first kappa shape index (κ1) is 13.8. The van der Waals surface area contributed by atoms with Crippen LogP contribution in [0.4, 0.5) is 0 Å². The fraction of sp³-hybridized carbons (Fsp3) is 0.533. The molecule has 0 spiro atoms. The molecule has 0 radical (unpaired) electrons. The quantitative estimate of drug-likeness (QED) is 0.745. The van der Waals surface area contributed by atoms with E-state index >= 15 is 0 Å². The van der Waals surface area contributed by atoms with Crippen molar-refractivity contribution in [1.29, 1.82) is 0 Å². The predicted octanol–water partition coefficient (Wildman–Crippen LogP) is 3.55. The molecule has 0 aliphatic carbocycles. The van der Waals surface area contributed by atoms with E-state index in [0.717, 1.165) is 0 Å². The van der Waals surface area contributed by atoms with E-state index < -0.39 is 5.41 Å².